The zero-order chi connectivity index (χ0) is 15.2. The van der Waals surface area contributed by atoms with E-state index < -0.39 is 0 Å². The van der Waals surface area contributed by atoms with E-state index in [-0.39, 0.29) is 0 Å². The lowest BCUT2D eigenvalue weighted by Gasteiger charge is -2.14. The van der Waals surface area contributed by atoms with Gasteiger partial charge in [0.05, 0.1) is 0 Å². The van der Waals surface area contributed by atoms with Gasteiger partial charge in [0, 0.05) is 6.54 Å². The van der Waals surface area contributed by atoms with Crippen molar-refractivity contribution in [2.45, 2.75) is 19.4 Å². The molecule has 0 aliphatic rings. The molecule has 22 heavy (non-hydrogen) atoms. The fourth-order valence-electron chi connectivity index (χ4n) is 2.89. The second-order valence-electron chi connectivity index (χ2n) is 5.58. The van der Waals surface area contributed by atoms with Gasteiger partial charge >= 0.3 is 0 Å². The molecule has 0 amide bonds. The van der Waals surface area contributed by atoms with Crippen molar-refractivity contribution in [3.05, 3.63) is 107 Å². The third-order valence-electron chi connectivity index (χ3n) is 4.05. The summed E-state index contributed by atoms with van der Waals surface area (Å²) in [6.07, 6.45) is 1.90. The molecule has 0 heterocycles. The van der Waals surface area contributed by atoms with Crippen molar-refractivity contribution in [1.29, 1.82) is 0 Å². The van der Waals surface area contributed by atoms with Gasteiger partial charge < -0.3 is 5.73 Å². The first-order valence-corrected chi connectivity index (χ1v) is 7.74. The van der Waals surface area contributed by atoms with Crippen LogP contribution in [-0.2, 0) is 19.4 Å². The molecule has 0 fully saturated rings. The number of rotatable bonds is 5. The normalized spacial score (nSPS) is 10.6. The van der Waals surface area contributed by atoms with Gasteiger partial charge in [0.1, 0.15) is 0 Å². The van der Waals surface area contributed by atoms with Crippen LogP contribution in [0.15, 0.2) is 78.9 Å². The molecular weight excluding hydrogens is 266 g/mol. The fourth-order valence-corrected chi connectivity index (χ4v) is 2.89. The number of hydrogen-bond donors (Lipinski definition) is 1. The van der Waals surface area contributed by atoms with Crippen LogP contribution in [0.25, 0.3) is 0 Å². The quantitative estimate of drug-likeness (QED) is 0.742. The summed E-state index contributed by atoms with van der Waals surface area (Å²) < 4.78 is 0. The summed E-state index contributed by atoms with van der Waals surface area (Å²) in [5.74, 6) is 0. The smallest absolute Gasteiger partial charge is 0.0181 e. The summed E-state index contributed by atoms with van der Waals surface area (Å²) in [5.41, 5.74) is 12.6. The fraction of sp³-hybridized carbons (Fsp3) is 0.143. The standard InChI is InChI=1S/C21H21N/c22-16-20-13-7-12-19(14-17-8-3-1-4-9-17)21(20)15-18-10-5-2-6-11-18/h1-13H,14-16,22H2. The van der Waals surface area contributed by atoms with E-state index in [9.17, 15) is 0 Å². The van der Waals surface area contributed by atoms with Gasteiger partial charge in [-0.1, -0.05) is 78.9 Å². The Bertz CT molecular complexity index is 717. The van der Waals surface area contributed by atoms with Gasteiger partial charge in [-0.3, -0.25) is 0 Å². The van der Waals surface area contributed by atoms with Gasteiger partial charge in [-0.25, -0.2) is 0 Å². The van der Waals surface area contributed by atoms with Crippen LogP contribution in [0.5, 0.6) is 0 Å². The van der Waals surface area contributed by atoms with Crippen LogP contribution in [0.1, 0.15) is 27.8 Å². The summed E-state index contributed by atoms with van der Waals surface area (Å²) >= 11 is 0. The van der Waals surface area contributed by atoms with Gasteiger partial charge in [-0.2, -0.15) is 0 Å². The van der Waals surface area contributed by atoms with E-state index >= 15 is 0 Å². The monoisotopic (exact) mass is 287 g/mol. The van der Waals surface area contributed by atoms with Crippen LogP contribution in [0.4, 0.5) is 0 Å². The van der Waals surface area contributed by atoms with Crippen LogP contribution >= 0.6 is 0 Å². The molecule has 1 nitrogen and oxygen atoms in total. The Morgan fingerprint density at radius 3 is 1.68 bits per heavy atom. The molecule has 2 N–H and O–H groups in total. The largest absolute Gasteiger partial charge is 0.326 e. The average Bonchev–Trinajstić information content (AvgIpc) is 2.58. The van der Waals surface area contributed by atoms with E-state index in [4.69, 9.17) is 5.73 Å². The molecule has 3 rings (SSSR count). The second-order valence-corrected chi connectivity index (χ2v) is 5.58. The highest BCUT2D eigenvalue weighted by Crippen LogP contribution is 2.22. The Morgan fingerprint density at radius 1 is 0.545 bits per heavy atom. The Labute approximate surface area is 132 Å². The zero-order valence-electron chi connectivity index (χ0n) is 12.7. The molecule has 0 unspecified atom stereocenters. The van der Waals surface area contributed by atoms with Gasteiger partial charge in [0.25, 0.3) is 0 Å². The molecule has 0 saturated heterocycles. The Morgan fingerprint density at radius 2 is 1.09 bits per heavy atom. The molecular formula is C21H21N. The lowest BCUT2D eigenvalue weighted by molar-refractivity contribution is 0.989. The van der Waals surface area contributed by atoms with Gasteiger partial charge in [-0.05, 0) is 40.7 Å². The molecule has 1 heteroatoms. The Kier molecular flexibility index (Phi) is 4.67. The number of benzene rings is 3. The maximum absolute atomic E-state index is 5.97. The van der Waals surface area contributed by atoms with Crippen LogP contribution in [0.2, 0.25) is 0 Å². The van der Waals surface area contributed by atoms with E-state index in [1.807, 2.05) is 0 Å². The van der Waals surface area contributed by atoms with Crippen LogP contribution in [0, 0.1) is 0 Å². The first-order chi connectivity index (χ1) is 10.9. The van der Waals surface area contributed by atoms with Crippen LogP contribution < -0.4 is 5.73 Å². The van der Waals surface area contributed by atoms with Crippen LogP contribution in [-0.4, -0.2) is 0 Å². The topological polar surface area (TPSA) is 26.0 Å². The molecule has 0 spiro atoms. The van der Waals surface area contributed by atoms with Gasteiger partial charge in [-0.15, -0.1) is 0 Å². The lowest BCUT2D eigenvalue weighted by Crippen LogP contribution is -2.06. The minimum absolute atomic E-state index is 0.588. The van der Waals surface area contributed by atoms with Crippen molar-refractivity contribution in [1.82, 2.24) is 0 Å². The molecule has 0 aliphatic heterocycles. The molecule has 3 aromatic carbocycles. The molecule has 0 bridgehead atoms. The average molecular weight is 287 g/mol. The molecule has 0 radical (unpaired) electrons. The van der Waals surface area contributed by atoms with Crippen molar-refractivity contribution in [3.63, 3.8) is 0 Å². The number of nitrogens with two attached hydrogens (primary N) is 1. The van der Waals surface area contributed by atoms with E-state index in [0.29, 0.717) is 6.54 Å². The van der Waals surface area contributed by atoms with Crippen molar-refractivity contribution >= 4 is 0 Å². The van der Waals surface area contributed by atoms with Gasteiger partial charge in [0.15, 0.2) is 0 Å². The number of hydrogen-bond acceptors (Lipinski definition) is 1. The second kappa shape index (κ2) is 7.06. The molecule has 110 valence electrons. The summed E-state index contributed by atoms with van der Waals surface area (Å²) in [5, 5.41) is 0. The first kappa shape index (κ1) is 14.6. The molecule has 0 atom stereocenters. The zero-order valence-corrected chi connectivity index (χ0v) is 12.7. The van der Waals surface area contributed by atoms with Crippen molar-refractivity contribution in [2.75, 3.05) is 0 Å². The lowest BCUT2D eigenvalue weighted by atomic mass is 9.91. The molecule has 0 saturated carbocycles. The first-order valence-electron chi connectivity index (χ1n) is 7.74. The summed E-state index contributed by atoms with van der Waals surface area (Å²) in [7, 11) is 0. The third-order valence-corrected chi connectivity index (χ3v) is 4.05. The summed E-state index contributed by atoms with van der Waals surface area (Å²) in [4.78, 5) is 0. The van der Waals surface area contributed by atoms with Gasteiger partial charge in [0.2, 0.25) is 0 Å². The molecule has 0 aromatic heterocycles. The Hall–Kier alpha value is -2.38. The minimum atomic E-state index is 0.588. The van der Waals surface area contributed by atoms with Crippen molar-refractivity contribution in [3.8, 4) is 0 Å². The maximum Gasteiger partial charge on any atom is 0.0181 e. The molecule has 0 aliphatic carbocycles. The van der Waals surface area contributed by atoms with E-state index in [0.717, 1.165) is 12.8 Å². The van der Waals surface area contributed by atoms with Crippen molar-refractivity contribution < 1.29 is 0 Å². The SMILES string of the molecule is NCc1cccc(Cc2ccccc2)c1Cc1ccccc1. The van der Waals surface area contributed by atoms with Crippen LogP contribution in [0.3, 0.4) is 0 Å². The minimum Gasteiger partial charge on any atom is -0.326 e. The summed E-state index contributed by atoms with van der Waals surface area (Å²) in [6, 6.07) is 27.7. The van der Waals surface area contributed by atoms with E-state index in [2.05, 4.69) is 78.9 Å². The van der Waals surface area contributed by atoms with E-state index in [1.165, 1.54) is 27.8 Å². The molecule has 3 aromatic rings. The highest BCUT2D eigenvalue weighted by Gasteiger charge is 2.09. The highest BCUT2D eigenvalue weighted by molar-refractivity contribution is 5.41. The maximum atomic E-state index is 5.97. The predicted octanol–water partition coefficient (Wildman–Crippen LogP) is 4.33. The van der Waals surface area contributed by atoms with E-state index in [1.54, 1.807) is 0 Å². The summed E-state index contributed by atoms with van der Waals surface area (Å²) in [6.45, 7) is 0.588. The van der Waals surface area contributed by atoms with Crippen molar-refractivity contribution in [2.24, 2.45) is 5.73 Å². The predicted molar refractivity (Wildman–Crippen MR) is 92.8 cm³/mol. The highest BCUT2D eigenvalue weighted by atomic mass is 14.5. The third kappa shape index (κ3) is 3.44. The Balaban J connectivity index is 1.95.